The molecule has 0 saturated carbocycles. The molecule has 2 N–H and O–H groups in total. The van der Waals surface area contributed by atoms with Crippen LogP contribution in [-0.4, -0.2) is 19.0 Å². The number of hydrogen-bond acceptors (Lipinski definition) is 3. The molecule has 1 aromatic rings. The fourth-order valence-electron chi connectivity index (χ4n) is 2.08. The second-order valence-corrected chi connectivity index (χ2v) is 6.67. The number of carbonyl (C=O) groups excluding carboxylic acids is 1. The molecule has 17 heavy (non-hydrogen) atoms. The molecule has 5 heteroatoms. The van der Waals surface area contributed by atoms with Crippen LogP contribution in [-0.2, 0) is 11.3 Å². The predicted molar refractivity (Wildman–Crippen MR) is 74.1 cm³/mol. The standard InChI is InChI=1S/C12H17BrN2OS/c1-12(3-2-4-14-8-12)11(16)15-6-10-5-9(13)7-17-10/h5,7,14H,2-4,6,8H2,1H3,(H,15,16). The van der Waals surface area contributed by atoms with E-state index in [0.29, 0.717) is 6.54 Å². The number of thiophene rings is 1. The first-order valence-electron chi connectivity index (χ1n) is 5.82. The van der Waals surface area contributed by atoms with Crippen LogP contribution in [0.3, 0.4) is 0 Å². The van der Waals surface area contributed by atoms with Gasteiger partial charge in [0.05, 0.1) is 12.0 Å². The molecule has 1 amide bonds. The van der Waals surface area contributed by atoms with Crippen molar-refractivity contribution in [2.45, 2.75) is 26.3 Å². The summed E-state index contributed by atoms with van der Waals surface area (Å²) in [4.78, 5) is 13.3. The van der Waals surface area contributed by atoms with Crippen LogP contribution >= 0.6 is 27.3 Å². The van der Waals surface area contributed by atoms with E-state index in [0.717, 1.165) is 30.4 Å². The molecule has 1 atom stereocenters. The number of amides is 1. The molecule has 1 saturated heterocycles. The lowest BCUT2D eigenvalue weighted by Crippen LogP contribution is -2.48. The fourth-order valence-corrected chi connectivity index (χ4v) is 3.47. The van der Waals surface area contributed by atoms with E-state index in [-0.39, 0.29) is 11.3 Å². The van der Waals surface area contributed by atoms with Crippen LogP contribution in [0.4, 0.5) is 0 Å². The summed E-state index contributed by atoms with van der Waals surface area (Å²) in [6, 6.07) is 2.05. The van der Waals surface area contributed by atoms with Gasteiger partial charge in [0.25, 0.3) is 0 Å². The van der Waals surface area contributed by atoms with Crippen molar-refractivity contribution in [3.63, 3.8) is 0 Å². The van der Waals surface area contributed by atoms with E-state index < -0.39 is 0 Å². The van der Waals surface area contributed by atoms with Crippen LogP contribution in [0.2, 0.25) is 0 Å². The molecule has 94 valence electrons. The number of piperidine rings is 1. The highest BCUT2D eigenvalue weighted by Crippen LogP contribution is 2.26. The molecule has 3 nitrogen and oxygen atoms in total. The Bertz CT molecular complexity index is 399. The quantitative estimate of drug-likeness (QED) is 0.899. The van der Waals surface area contributed by atoms with Crippen LogP contribution in [0.15, 0.2) is 15.9 Å². The Morgan fingerprint density at radius 1 is 1.71 bits per heavy atom. The van der Waals surface area contributed by atoms with E-state index in [2.05, 4.69) is 26.6 Å². The fraction of sp³-hybridized carbons (Fsp3) is 0.583. The molecule has 0 bridgehead atoms. The van der Waals surface area contributed by atoms with E-state index in [4.69, 9.17) is 0 Å². The average molecular weight is 317 g/mol. The third kappa shape index (κ3) is 3.30. The van der Waals surface area contributed by atoms with Crippen molar-refractivity contribution < 1.29 is 4.79 Å². The molecular weight excluding hydrogens is 300 g/mol. The molecule has 1 unspecified atom stereocenters. The van der Waals surface area contributed by atoms with Crippen LogP contribution < -0.4 is 10.6 Å². The summed E-state index contributed by atoms with van der Waals surface area (Å²) in [6.07, 6.45) is 2.05. The van der Waals surface area contributed by atoms with Gasteiger partial charge in [-0.1, -0.05) is 0 Å². The van der Waals surface area contributed by atoms with Crippen molar-refractivity contribution in [1.82, 2.24) is 10.6 Å². The molecule has 0 aromatic carbocycles. The first-order chi connectivity index (χ1) is 8.10. The number of nitrogens with one attached hydrogen (secondary N) is 2. The second kappa shape index (κ2) is 5.50. The minimum absolute atomic E-state index is 0.161. The minimum atomic E-state index is -0.243. The summed E-state index contributed by atoms with van der Waals surface area (Å²) < 4.78 is 1.08. The highest BCUT2D eigenvalue weighted by molar-refractivity contribution is 9.10. The predicted octanol–water partition coefficient (Wildman–Crippen LogP) is 2.52. The van der Waals surface area contributed by atoms with Crippen molar-refractivity contribution in [2.75, 3.05) is 13.1 Å². The maximum absolute atomic E-state index is 12.1. The molecule has 1 aliphatic heterocycles. The lowest BCUT2D eigenvalue weighted by Gasteiger charge is -2.32. The van der Waals surface area contributed by atoms with Crippen molar-refractivity contribution >= 4 is 33.2 Å². The Labute approximate surface area is 114 Å². The number of hydrogen-bond donors (Lipinski definition) is 2. The first-order valence-corrected chi connectivity index (χ1v) is 7.49. The molecule has 0 aliphatic carbocycles. The Hall–Kier alpha value is -0.390. The molecule has 2 rings (SSSR count). The third-order valence-corrected chi connectivity index (χ3v) is 4.89. The molecule has 1 aliphatic rings. The van der Waals surface area contributed by atoms with Gasteiger partial charge < -0.3 is 10.6 Å². The van der Waals surface area contributed by atoms with Gasteiger partial charge in [-0.25, -0.2) is 0 Å². The van der Waals surface area contributed by atoms with Crippen molar-refractivity contribution in [1.29, 1.82) is 0 Å². The van der Waals surface area contributed by atoms with Gasteiger partial charge in [0.1, 0.15) is 0 Å². The van der Waals surface area contributed by atoms with Crippen LogP contribution in [0.1, 0.15) is 24.6 Å². The minimum Gasteiger partial charge on any atom is -0.351 e. The largest absolute Gasteiger partial charge is 0.351 e. The lowest BCUT2D eigenvalue weighted by atomic mass is 9.82. The maximum Gasteiger partial charge on any atom is 0.227 e. The van der Waals surface area contributed by atoms with E-state index in [9.17, 15) is 4.79 Å². The normalized spacial score (nSPS) is 24.6. The molecule has 0 radical (unpaired) electrons. The lowest BCUT2D eigenvalue weighted by molar-refractivity contribution is -0.131. The highest BCUT2D eigenvalue weighted by Gasteiger charge is 2.34. The Morgan fingerprint density at radius 3 is 3.12 bits per heavy atom. The Balaban J connectivity index is 1.88. The van der Waals surface area contributed by atoms with Gasteiger partial charge in [-0.3, -0.25) is 4.79 Å². The Kier molecular flexibility index (Phi) is 4.22. The van der Waals surface area contributed by atoms with Gasteiger partial charge in [0.2, 0.25) is 5.91 Å². The smallest absolute Gasteiger partial charge is 0.227 e. The van der Waals surface area contributed by atoms with Gasteiger partial charge in [0.15, 0.2) is 0 Å². The van der Waals surface area contributed by atoms with Crippen molar-refractivity contribution in [2.24, 2.45) is 5.41 Å². The summed E-state index contributed by atoms with van der Waals surface area (Å²) in [6.45, 7) is 4.48. The van der Waals surface area contributed by atoms with Crippen LogP contribution in [0.5, 0.6) is 0 Å². The average Bonchev–Trinajstić information content (AvgIpc) is 2.73. The van der Waals surface area contributed by atoms with Crippen LogP contribution in [0, 0.1) is 5.41 Å². The zero-order chi connectivity index (χ0) is 12.3. The number of carbonyl (C=O) groups is 1. The van der Waals surface area contributed by atoms with E-state index in [1.54, 1.807) is 11.3 Å². The second-order valence-electron chi connectivity index (χ2n) is 4.75. The third-order valence-electron chi connectivity index (χ3n) is 3.19. The zero-order valence-corrected chi connectivity index (χ0v) is 12.3. The highest BCUT2D eigenvalue weighted by atomic mass is 79.9. The molecular formula is C12H17BrN2OS. The zero-order valence-electron chi connectivity index (χ0n) is 9.88. The van der Waals surface area contributed by atoms with Gasteiger partial charge in [-0.15, -0.1) is 11.3 Å². The summed E-state index contributed by atoms with van der Waals surface area (Å²) in [5.41, 5.74) is -0.243. The SMILES string of the molecule is CC1(C(=O)NCc2cc(Br)cs2)CCCNC1. The Morgan fingerprint density at radius 2 is 2.53 bits per heavy atom. The van der Waals surface area contributed by atoms with Gasteiger partial charge in [0, 0.05) is 21.3 Å². The summed E-state index contributed by atoms with van der Waals surface area (Å²) in [5, 5.41) is 8.36. The van der Waals surface area contributed by atoms with E-state index in [1.807, 2.05) is 18.4 Å². The molecule has 2 heterocycles. The molecule has 1 aromatic heterocycles. The maximum atomic E-state index is 12.1. The summed E-state index contributed by atoms with van der Waals surface area (Å²) in [7, 11) is 0. The van der Waals surface area contributed by atoms with Gasteiger partial charge in [-0.2, -0.15) is 0 Å². The number of halogens is 1. The van der Waals surface area contributed by atoms with Crippen molar-refractivity contribution in [3.8, 4) is 0 Å². The topological polar surface area (TPSA) is 41.1 Å². The van der Waals surface area contributed by atoms with Crippen LogP contribution in [0.25, 0.3) is 0 Å². The van der Waals surface area contributed by atoms with E-state index >= 15 is 0 Å². The summed E-state index contributed by atoms with van der Waals surface area (Å²) >= 11 is 5.07. The molecule has 1 fully saturated rings. The number of rotatable bonds is 3. The monoisotopic (exact) mass is 316 g/mol. The van der Waals surface area contributed by atoms with Gasteiger partial charge in [-0.05, 0) is 48.3 Å². The van der Waals surface area contributed by atoms with Gasteiger partial charge >= 0.3 is 0 Å². The first kappa shape index (κ1) is 13.1. The van der Waals surface area contributed by atoms with Crippen molar-refractivity contribution in [3.05, 3.63) is 20.8 Å². The summed E-state index contributed by atoms with van der Waals surface area (Å²) in [5.74, 6) is 0.161. The molecule has 0 spiro atoms. The van der Waals surface area contributed by atoms with E-state index in [1.165, 1.54) is 4.88 Å².